The number of hydrogen-bond acceptors (Lipinski definition) is 4. The molecule has 0 aliphatic rings. The first-order valence-corrected chi connectivity index (χ1v) is 5.57. The van der Waals surface area contributed by atoms with Crippen LogP contribution in [0, 0.1) is 0 Å². The number of amides is 1. The van der Waals surface area contributed by atoms with Crippen molar-refractivity contribution in [3.05, 3.63) is 24.5 Å². The third kappa shape index (κ3) is 5.31. The van der Waals surface area contributed by atoms with Gasteiger partial charge in [-0.15, -0.1) is 0 Å². The van der Waals surface area contributed by atoms with E-state index in [2.05, 4.69) is 10.3 Å². The number of carbonyl (C=O) groups excluding carboxylic acids is 1. The van der Waals surface area contributed by atoms with Crippen molar-refractivity contribution in [3.63, 3.8) is 0 Å². The first-order chi connectivity index (χ1) is 8.24. The van der Waals surface area contributed by atoms with Crippen molar-refractivity contribution in [1.29, 1.82) is 0 Å². The molecule has 1 aromatic heterocycles. The van der Waals surface area contributed by atoms with E-state index in [1.165, 1.54) is 0 Å². The van der Waals surface area contributed by atoms with Crippen molar-refractivity contribution in [3.8, 4) is 5.75 Å². The molecule has 0 fully saturated rings. The van der Waals surface area contributed by atoms with E-state index in [0.29, 0.717) is 18.9 Å². The van der Waals surface area contributed by atoms with E-state index in [-0.39, 0.29) is 5.91 Å². The fourth-order valence-electron chi connectivity index (χ4n) is 1.25. The van der Waals surface area contributed by atoms with Gasteiger partial charge in [-0.2, -0.15) is 0 Å². The van der Waals surface area contributed by atoms with E-state index in [1.807, 2.05) is 0 Å². The van der Waals surface area contributed by atoms with Gasteiger partial charge in [0.2, 0.25) is 0 Å². The first kappa shape index (κ1) is 13.4. The number of carbonyl (C=O) groups is 1. The van der Waals surface area contributed by atoms with E-state index in [0.717, 1.165) is 6.42 Å². The van der Waals surface area contributed by atoms with Gasteiger partial charge in [0.15, 0.2) is 6.10 Å². The number of hydrogen-bond donors (Lipinski definition) is 1. The minimum Gasteiger partial charge on any atom is -0.479 e. The van der Waals surface area contributed by atoms with Gasteiger partial charge < -0.3 is 14.8 Å². The Kier molecular flexibility index (Phi) is 6.03. The second kappa shape index (κ2) is 7.62. The van der Waals surface area contributed by atoms with Gasteiger partial charge in [-0.25, -0.2) is 0 Å². The molecule has 1 heterocycles. The summed E-state index contributed by atoms with van der Waals surface area (Å²) >= 11 is 0. The fourth-order valence-corrected chi connectivity index (χ4v) is 1.25. The Balaban J connectivity index is 2.27. The standard InChI is InChI=1S/C12H18N2O3/c1-10(12(15)14-7-4-8-16-2)17-11-5-3-6-13-9-11/h3,5-6,9-10H,4,7-8H2,1-2H3,(H,14,15). The van der Waals surface area contributed by atoms with Gasteiger partial charge in [0.1, 0.15) is 5.75 Å². The fraction of sp³-hybridized carbons (Fsp3) is 0.500. The van der Waals surface area contributed by atoms with Crippen LogP contribution in [0.1, 0.15) is 13.3 Å². The summed E-state index contributed by atoms with van der Waals surface area (Å²) in [5, 5.41) is 2.77. The number of ether oxygens (including phenoxy) is 2. The molecule has 0 saturated carbocycles. The Hall–Kier alpha value is -1.62. The number of nitrogens with zero attached hydrogens (tertiary/aromatic N) is 1. The topological polar surface area (TPSA) is 60.5 Å². The predicted octanol–water partition coefficient (Wildman–Crippen LogP) is 1.00. The quantitative estimate of drug-likeness (QED) is 0.720. The molecule has 1 N–H and O–H groups in total. The summed E-state index contributed by atoms with van der Waals surface area (Å²) in [6.45, 7) is 2.93. The van der Waals surface area contributed by atoms with Crippen molar-refractivity contribution in [2.24, 2.45) is 0 Å². The molecular weight excluding hydrogens is 220 g/mol. The Labute approximate surface area is 101 Å². The van der Waals surface area contributed by atoms with Crippen LogP contribution in [0.25, 0.3) is 0 Å². The van der Waals surface area contributed by atoms with Gasteiger partial charge in [-0.1, -0.05) is 0 Å². The molecule has 5 nitrogen and oxygen atoms in total. The maximum Gasteiger partial charge on any atom is 0.260 e. The van der Waals surface area contributed by atoms with Crippen molar-refractivity contribution in [2.75, 3.05) is 20.3 Å². The molecule has 1 unspecified atom stereocenters. The first-order valence-electron chi connectivity index (χ1n) is 5.57. The van der Waals surface area contributed by atoms with Gasteiger partial charge in [0.05, 0.1) is 6.20 Å². The van der Waals surface area contributed by atoms with Gasteiger partial charge >= 0.3 is 0 Å². The average molecular weight is 238 g/mol. The monoisotopic (exact) mass is 238 g/mol. The van der Waals surface area contributed by atoms with Crippen LogP contribution in [0.5, 0.6) is 5.75 Å². The smallest absolute Gasteiger partial charge is 0.260 e. The van der Waals surface area contributed by atoms with Crippen molar-refractivity contribution in [2.45, 2.75) is 19.4 Å². The molecule has 0 spiro atoms. The minimum atomic E-state index is -0.526. The lowest BCUT2D eigenvalue weighted by molar-refractivity contribution is -0.127. The van der Waals surface area contributed by atoms with Crippen LogP contribution in [0.15, 0.2) is 24.5 Å². The zero-order chi connectivity index (χ0) is 12.5. The Morgan fingerprint density at radius 2 is 2.41 bits per heavy atom. The number of nitrogens with one attached hydrogen (secondary N) is 1. The molecule has 5 heteroatoms. The molecule has 1 atom stereocenters. The summed E-state index contributed by atoms with van der Waals surface area (Å²) in [6, 6.07) is 3.53. The second-order valence-electron chi connectivity index (χ2n) is 3.59. The highest BCUT2D eigenvalue weighted by Crippen LogP contribution is 2.08. The summed E-state index contributed by atoms with van der Waals surface area (Å²) in [6.07, 6.45) is 3.50. The molecule has 1 aromatic rings. The summed E-state index contributed by atoms with van der Waals surface area (Å²) in [5.41, 5.74) is 0. The Bertz CT molecular complexity index is 330. The van der Waals surface area contributed by atoms with Crippen molar-refractivity contribution < 1.29 is 14.3 Å². The number of aromatic nitrogens is 1. The molecule has 0 bridgehead atoms. The lowest BCUT2D eigenvalue weighted by Gasteiger charge is -2.14. The molecule has 0 saturated heterocycles. The summed E-state index contributed by atoms with van der Waals surface area (Å²) < 4.78 is 10.3. The molecule has 17 heavy (non-hydrogen) atoms. The lowest BCUT2D eigenvalue weighted by Crippen LogP contribution is -2.37. The molecule has 0 radical (unpaired) electrons. The largest absolute Gasteiger partial charge is 0.479 e. The van der Waals surface area contributed by atoms with E-state index in [9.17, 15) is 4.79 Å². The number of rotatable bonds is 7. The minimum absolute atomic E-state index is 0.134. The number of methoxy groups -OCH3 is 1. The highest BCUT2D eigenvalue weighted by Gasteiger charge is 2.13. The SMILES string of the molecule is COCCCNC(=O)C(C)Oc1cccnc1. The molecule has 94 valence electrons. The van der Waals surface area contributed by atoms with Crippen LogP contribution < -0.4 is 10.1 Å². The summed E-state index contributed by atoms with van der Waals surface area (Å²) in [5.74, 6) is 0.456. The van der Waals surface area contributed by atoms with Crippen LogP contribution in [0.3, 0.4) is 0 Å². The Morgan fingerprint density at radius 3 is 3.06 bits per heavy atom. The molecule has 1 rings (SSSR count). The van der Waals surface area contributed by atoms with Crippen LogP contribution in [0.2, 0.25) is 0 Å². The van der Waals surface area contributed by atoms with Crippen molar-refractivity contribution in [1.82, 2.24) is 10.3 Å². The van der Waals surface area contributed by atoms with E-state index < -0.39 is 6.10 Å². The van der Waals surface area contributed by atoms with E-state index in [4.69, 9.17) is 9.47 Å². The third-order valence-corrected chi connectivity index (χ3v) is 2.14. The maximum atomic E-state index is 11.6. The van der Waals surface area contributed by atoms with Gasteiger partial charge in [-0.3, -0.25) is 9.78 Å². The molecule has 1 amide bonds. The summed E-state index contributed by atoms with van der Waals surface area (Å²) in [7, 11) is 1.63. The second-order valence-corrected chi connectivity index (χ2v) is 3.59. The molecule has 0 aromatic carbocycles. The van der Waals surface area contributed by atoms with Crippen LogP contribution >= 0.6 is 0 Å². The summed E-state index contributed by atoms with van der Waals surface area (Å²) in [4.78, 5) is 15.5. The third-order valence-electron chi connectivity index (χ3n) is 2.14. The van der Waals surface area contributed by atoms with Gasteiger partial charge in [-0.05, 0) is 25.5 Å². The number of pyridine rings is 1. The van der Waals surface area contributed by atoms with Crippen molar-refractivity contribution >= 4 is 5.91 Å². The van der Waals surface area contributed by atoms with Gasteiger partial charge in [0, 0.05) is 26.5 Å². The van der Waals surface area contributed by atoms with E-state index in [1.54, 1.807) is 38.6 Å². The predicted molar refractivity (Wildman–Crippen MR) is 63.8 cm³/mol. The average Bonchev–Trinajstić information content (AvgIpc) is 2.35. The van der Waals surface area contributed by atoms with E-state index >= 15 is 0 Å². The highest BCUT2D eigenvalue weighted by atomic mass is 16.5. The lowest BCUT2D eigenvalue weighted by atomic mass is 10.3. The zero-order valence-corrected chi connectivity index (χ0v) is 10.2. The van der Waals surface area contributed by atoms with Crippen LogP contribution in [-0.2, 0) is 9.53 Å². The zero-order valence-electron chi connectivity index (χ0n) is 10.2. The molecule has 0 aliphatic carbocycles. The van der Waals surface area contributed by atoms with Crippen LogP contribution in [-0.4, -0.2) is 37.3 Å². The Morgan fingerprint density at radius 1 is 1.59 bits per heavy atom. The highest BCUT2D eigenvalue weighted by molar-refractivity contribution is 5.80. The van der Waals surface area contributed by atoms with Crippen LogP contribution in [0.4, 0.5) is 0 Å². The maximum absolute atomic E-state index is 11.6. The normalized spacial score (nSPS) is 11.9. The molecule has 0 aliphatic heterocycles. The molecular formula is C12H18N2O3. The van der Waals surface area contributed by atoms with Gasteiger partial charge in [0.25, 0.3) is 5.91 Å².